The van der Waals surface area contributed by atoms with Crippen molar-refractivity contribution in [2.75, 3.05) is 19.8 Å². The van der Waals surface area contributed by atoms with Gasteiger partial charge in [0.15, 0.2) is 11.5 Å². The van der Waals surface area contributed by atoms with Gasteiger partial charge in [-0.05, 0) is 44.4 Å². The number of fused-ring (bicyclic) bond motifs is 1. The van der Waals surface area contributed by atoms with Crippen LogP contribution in [0.2, 0.25) is 0 Å². The molecule has 3 aromatic rings. The summed E-state index contributed by atoms with van der Waals surface area (Å²) >= 11 is 0. The highest BCUT2D eigenvalue weighted by atomic mass is 35.5. The van der Waals surface area contributed by atoms with Crippen LogP contribution in [0.5, 0.6) is 17.2 Å². The fraction of sp³-hybridized carbons (Fsp3) is 0.286. The minimum absolute atomic E-state index is 0. The Morgan fingerprint density at radius 2 is 1.42 bits per heavy atom. The van der Waals surface area contributed by atoms with Gasteiger partial charge in [-0.3, -0.25) is 4.98 Å². The number of pyridine rings is 1. The van der Waals surface area contributed by atoms with E-state index in [-0.39, 0.29) is 12.4 Å². The van der Waals surface area contributed by atoms with Gasteiger partial charge < -0.3 is 14.2 Å². The van der Waals surface area contributed by atoms with Crippen molar-refractivity contribution < 1.29 is 14.2 Å². The molecule has 0 atom stereocenters. The molecule has 0 aliphatic heterocycles. The summed E-state index contributed by atoms with van der Waals surface area (Å²) in [6, 6.07) is 14.2. The molecule has 0 aliphatic rings. The molecule has 1 aromatic heterocycles. The molecule has 0 aliphatic carbocycles. The van der Waals surface area contributed by atoms with Crippen LogP contribution in [-0.2, 0) is 0 Å². The number of nitrogens with zero attached hydrogens (tertiary/aromatic N) is 1. The summed E-state index contributed by atoms with van der Waals surface area (Å²) in [5.41, 5.74) is 1.86. The molecule has 0 bridgehead atoms. The van der Waals surface area contributed by atoms with Crippen molar-refractivity contribution in [2.24, 2.45) is 0 Å². The van der Waals surface area contributed by atoms with Gasteiger partial charge in [-0.1, -0.05) is 24.3 Å². The monoisotopic (exact) mass is 373 g/mol. The lowest BCUT2D eigenvalue weighted by atomic mass is 10.0. The number of hydrogen-bond donors (Lipinski definition) is 0. The first-order valence-corrected chi connectivity index (χ1v) is 8.69. The van der Waals surface area contributed by atoms with Gasteiger partial charge in [-0.25, -0.2) is 0 Å². The van der Waals surface area contributed by atoms with Crippen LogP contribution in [0.3, 0.4) is 0 Å². The van der Waals surface area contributed by atoms with Gasteiger partial charge >= 0.3 is 0 Å². The average Bonchev–Trinajstić information content (AvgIpc) is 2.64. The van der Waals surface area contributed by atoms with Crippen molar-refractivity contribution in [3.05, 3.63) is 48.7 Å². The first-order chi connectivity index (χ1) is 12.3. The number of ether oxygens (including phenoxy) is 3. The van der Waals surface area contributed by atoms with E-state index >= 15 is 0 Å². The second-order valence-corrected chi connectivity index (χ2v) is 5.48. The summed E-state index contributed by atoms with van der Waals surface area (Å²) in [6.45, 7) is 7.52. The maximum Gasteiger partial charge on any atom is 0.203 e. The first-order valence-electron chi connectivity index (χ1n) is 8.69. The molecular weight excluding hydrogens is 350 g/mol. The second-order valence-electron chi connectivity index (χ2n) is 5.48. The Morgan fingerprint density at radius 1 is 0.808 bits per heavy atom. The zero-order chi connectivity index (χ0) is 17.6. The van der Waals surface area contributed by atoms with Crippen molar-refractivity contribution in [2.45, 2.75) is 20.8 Å². The zero-order valence-corrected chi connectivity index (χ0v) is 16.1. The molecule has 2 aromatic carbocycles. The molecule has 0 radical (unpaired) electrons. The largest absolute Gasteiger partial charge is 0.490 e. The quantitative estimate of drug-likeness (QED) is 0.546. The lowest BCUT2D eigenvalue weighted by molar-refractivity contribution is 0.261. The van der Waals surface area contributed by atoms with Gasteiger partial charge in [0.05, 0.1) is 25.5 Å². The zero-order valence-electron chi connectivity index (χ0n) is 15.3. The molecule has 0 amide bonds. The minimum atomic E-state index is 0. The van der Waals surface area contributed by atoms with E-state index in [0.717, 1.165) is 22.0 Å². The van der Waals surface area contributed by atoms with E-state index in [2.05, 4.69) is 17.1 Å². The molecule has 3 rings (SSSR count). The van der Waals surface area contributed by atoms with Gasteiger partial charge in [0, 0.05) is 17.1 Å². The van der Waals surface area contributed by atoms with Crippen molar-refractivity contribution in [3.8, 4) is 28.5 Å². The normalized spacial score (nSPS) is 10.3. The molecule has 26 heavy (non-hydrogen) atoms. The van der Waals surface area contributed by atoms with Crippen LogP contribution >= 0.6 is 12.4 Å². The van der Waals surface area contributed by atoms with Crippen LogP contribution in [0.25, 0.3) is 22.0 Å². The summed E-state index contributed by atoms with van der Waals surface area (Å²) in [7, 11) is 0. The molecule has 0 spiro atoms. The highest BCUT2D eigenvalue weighted by Gasteiger charge is 2.17. The summed E-state index contributed by atoms with van der Waals surface area (Å²) in [5.74, 6) is 2.01. The van der Waals surface area contributed by atoms with Crippen molar-refractivity contribution in [3.63, 3.8) is 0 Å². The number of hydrogen-bond acceptors (Lipinski definition) is 4. The fourth-order valence-electron chi connectivity index (χ4n) is 2.88. The van der Waals surface area contributed by atoms with Gasteiger partial charge in [0.1, 0.15) is 0 Å². The lowest BCUT2D eigenvalue weighted by Gasteiger charge is -2.17. The molecule has 0 unspecified atom stereocenters. The molecular formula is C21H24ClNO3. The summed E-state index contributed by atoms with van der Waals surface area (Å²) in [5, 5.41) is 2.25. The van der Waals surface area contributed by atoms with Gasteiger partial charge in [0.25, 0.3) is 0 Å². The highest BCUT2D eigenvalue weighted by molar-refractivity contribution is 5.95. The van der Waals surface area contributed by atoms with E-state index in [1.807, 2.05) is 57.3 Å². The summed E-state index contributed by atoms with van der Waals surface area (Å²) in [6.07, 6.45) is 1.83. The Balaban J connectivity index is 0.00000243. The van der Waals surface area contributed by atoms with Crippen LogP contribution in [0.1, 0.15) is 20.8 Å². The van der Waals surface area contributed by atoms with Crippen molar-refractivity contribution in [1.82, 2.24) is 4.98 Å². The first kappa shape index (κ1) is 19.9. The predicted octanol–water partition coefficient (Wildman–Crippen LogP) is 5.52. The number of benzene rings is 2. The van der Waals surface area contributed by atoms with E-state index in [0.29, 0.717) is 37.1 Å². The molecule has 5 heteroatoms. The Bertz CT molecular complexity index is 834. The Hall–Kier alpha value is -2.46. The lowest BCUT2D eigenvalue weighted by Crippen LogP contribution is -2.03. The van der Waals surface area contributed by atoms with E-state index in [9.17, 15) is 0 Å². The van der Waals surface area contributed by atoms with Crippen LogP contribution in [-0.4, -0.2) is 24.8 Å². The van der Waals surface area contributed by atoms with Gasteiger partial charge in [-0.2, -0.15) is 0 Å². The van der Waals surface area contributed by atoms with Crippen LogP contribution in [0.4, 0.5) is 0 Å². The molecule has 0 N–H and O–H groups in total. The van der Waals surface area contributed by atoms with Crippen LogP contribution in [0, 0.1) is 0 Å². The smallest absolute Gasteiger partial charge is 0.203 e. The van der Waals surface area contributed by atoms with E-state index < -0.39 is 0 Å². The molecule has 0 fully saturated rings. The molecule has 1 heterocycles. The molecule has 138 valence electrons. The number of rotatable bonds is 7. The van der Waals surface area contributed by atoms with Gasteiger partial charge in [-0.15, -0.1) is 12.4 Å². The maximum atomic E-state index is 5.82. The van der Waals surface area contributed by atoms with Crippen LogP contribution in [0.15, 0.2) is 48.7 Å². The molecule has 0 saturated carbocycles. The van der Waals surface area contributed by atoms with E-state index in [1.165, 1.54) is 0 Å². The Kier molecular flexibility index (Phi) is 7.10. The second kappa shape index (κ2) is 9.30. The third-order valence-corrected chi connectivity index (χ3v) is 3.86. The molecule has 0 saturated heterocycles. The third-order valence-electron chi connectivity index (χ3n) is 3.86. The van der Waals surface area contributed by atoms with Gasteiger partial charge in [0.2, 0.25) is 5.75 Å². The predicted molar refractivity (Wildman–Crippen MR) is 108 cm³/mol. The maximum absolute atomic E-state index is 5.82. The highest BCUT2D eigenvalue weighted by Crippen LogP contribution is 2.42. The Labute approximate surface area is 160 Å². The number of aromatic nitrogens is 1. The molecule has 4 nitrogen and oxygen atoms in total. The standard InChI is InChI=1S/C21H23NO3.ClH/c1-4-23-18-13-16(14-19(24-5-2)21(18)25-6-3)20-17-10-8-7-9-15(17)11-12-22-20;/h7-14H,4-6H2,1-3H3;1H. The number of halogens is 1. The van der Waals surface area contributed by atoms with Crippen LogP contribution < -0.4 is 14.2 Å². The summed E-state index contributed by atoms with van der Waals surface area (Å²) in [4.78, 5) is 4.60. The third kappa shape index (κ3) is 4.02. The van der Waals surface area contributed by atoms with E-state index in [1.54, 1.807) is 0 Å². The fourth-order valence-corrected chi connectivity index (χ4v) is 2.88. The van der Waals surface area contributed by atoms with Crippen molar-refractivity contribution in [1.29, 1.82) is 0 Å². The average molecular weight is 374 g/mol. The minimum Gasteiger partial charge on any atom is -0.490 e. The van der Waals surface area contributed by atoms with E-state index in [4.69, 9.17) is 14.2 Å². The SMILES string of the molecule is CCOc1cc(-c2nccc3ccccc23)cc(OCC)c1OCC.Cl. The summed E-state index contributed by atoms with van der Waals surface area (Å²) < 4.78 is 17.4. The Morgan fingerprint density at radius 3 is 2.04 bits per heavy atom. The van der Waals surface area contributed by atoms with Crippen molar-refractivity contribution >= 4 is 23.2 Å². The topological polar surface area (TPSA) is 40.6 Å².